The van der Waals surface area contributed by atoms with E-state index in [0.717, 1.165) is 4.70 Å². The molecule has 0 spiro atoms. The van der Waals surface area contributed by atoms with Gasteiger partial charge < -0.3 is 0 Å². The average Bonchev–Trinajstić information content (AvgIpc) is 2.36. The molecule has 0 saturated carbocycles. The van der Waals surface area contributed by atoms with Crippen LogP contribution in [0.3, 0.4) is 0 Å². The minimum absolute atomic E-state index is 0.479. The molecule has 0 radical (unpaired) electrons. The number of rotatable bonds is 0. The van der Waals surface area contributed by atoms with E-state index in [1.165, 1.54) is 17.7 Å². The van der Waals surface area contributed by atoms with Crippen LogP contribution < -0.4 is 0 Å². The van der Waals surface area contributed by atoms with Gasteiger partial charge in [0.2, 0.25) is 0 Å². The van der Waals surface area contributed by atoms with Gasteiger partial charge in [-0.3, -0.25) is 0 Å². The molecule has 0 N–H and O–H groups in total. The van der Waals surface area contributed by atoms with Crippen molar-refractivity contribution in [1.82, 2.24) is 15.0 Å². The zero-order chi connectivity index (χ0) is 6.97. The highest BCUT2D eigenvalue weighted by atomic mass is 35.5. The number of nitrogens with zero attached hydrogens (tertiary/aromatic N) is 3. The van der Waals surface area contributed by atoms with E-state index in [4.69, 9.17) is 11.6 Å². The molecular weight excluding hydrogens is 170 g/mol. The third-order valence-electron chi connectivity index (χ3n) is 1.09. The van der Waals surface area contributed by atoms with Crippen molar-refractivity contribution in [2.45, 2.75) is 0 Å². The van der Waals surface area contributed by atoms with Crippen molar-refractivity contribution >= 4 is 33.3 Å². The monoisotopic (exact) mass is 171 g/mol. The lowest BCUT2D eigenvalue weighted by Crippen LogP contribution is -1.78. The fourth-order valence-electron chi connectivity index (χ4n) is 0.666. The second kappa shape index (κ2) is 2.14. The van der Waals surface area contributed by atoms with Crippen molar-refractivity contribution in [2.24, 2.45) is 0 Å². The number of hydrogen-bond donors (Lipinski definition) is 0. The normalized spacial score (nSPS) is 10.5. The third-order valence-corrected chi connectivity index (χ3v) is 2.31. The molecule has 0 saturated heterocycles. The molecule has 0 unspecified atom stereocenters. The first kappa shape index (κ1) is 6.00. The molecule has 0 aliphatic heterocycles. The molecule has 2 heterocycles. The van der Waals surface area contributed by atoms with E-state index in [0.29, 0.717) is 10.8 Å². The van der Waals surface area contributed by atoms with Gasteiger partial charge in [0.15, 0.2) is 10.8 Å². The number of fused-ring (bicyclic) bond motifs is 1. The van der Waals surface area contributed by atoms with Gasteiger partial charge >= 0.3 is 0 Å². The van der Waals surface area contributed by atoms with E-state index in [9.17, 15) is 0 Å². The van der Waals surface area contributed by atoms with E-state index < -0.39 is 0 Å². The Balaban J connectivity index is 2.95. The van der Waals surface area contributed by atoms with Gasteiger partial charge in [-0.25, -0.2) is 15.0 Å². The van der Waals surface area contributed by atoms with Gasteiger partial charge in [-0.05, 0) is 0 Å². The summed E-state index contributed by atoms with van der Waals surface area (Å²) in [6.07, 6.45) is 1.41. The topological polar surface area (TPSA) is 38.7 Å². The molecule has 2 aromatic rings. The van der Waals surface area contributed by atoms with E-state index in [2.05, 4.69) is 15.0 Å². The second-order valence-corrected chi connectivity index (χ2v) is 2.88. The fraction of sp³-hybridized carbons (Fsp3) is 0. The lowest BCUT2D eigenvalue weighted by molar-refractivity contribution is 1.20. The lowest BCUT2D eigenvalue weighted by atomic mass is 10.6. The van der Waals surface area contributed by atoms with Crippen LogP contribution in [0.4, 0.5) is 0 Å². The highest BCUT2D eigenvalue weighted by molar-refractivity contribution is 7.17. The molecule has 3 nitrogen and oxygen atoms in total. The maximum Gasteiger partial charge on any atom is 0.174 e. The van der Waals surface area contributed by atoms with Crippen molar-refractivity contribution in [3.8, 4) is 0 Å². The van der Waals surface area contributed by atoms with Crippen molar-refractivity contribution < 1.29 is 0 Å². The highest BCUT2D eigenvalue weighted by Gasteiger charge is 2.01. The van der Waals surface area contributed by atoms with Crippen LogP contribution in [-0.2, 0) is 0 Å². The molecular formula is C5H2ClN3S. The highest BCUT2D eigenvalue weighted by Crippen LogP contribution is 2.21. The number of aromatic nitrogens is 3. The van der Waals surface area contributed by atoms with Crippen LogP contribution in [0, 0.1) is 0 Å². The van der Waals surface area contributed by atoms with Gasteiger partial charge in [-0.1, -0.05) is 11.6 Å². The Kier molecular flexibility index (Phi) is 1.28. The molecule has 0 bridgehead atoms. The summed E-state index contributed by atoms with van der Waals surface area (Å²) in [6.45, 7) is 0. The van der Waals surface area contributed by atoms with Crippen LogP contribution in [0.1, 0.15) is 0 Å². The van der Waals surface area contributed by atoms with Gasteiger partial charge in [-0.15, -0.1) is 11.3 Å². The van der Waals surface area contributed by atoms with Crippen LogP contribution in [0.5, 0.6) is 0 Å². The van der Waals surface area contributed by atoms with Gasteiger partial charge in [0.25, 0.3) is 0 Å². The average molecular weight is 172 g/mol. The maximum absolute atomic E-state index is 5.72. The summed E-state index contributed by atoms with van der Waals surface area (Å²) in [5, 5.41) is 0.479. The van der Waals surface area contributed by atoms with E-state index in [1.807, 2.05) is 0 Å². The summed E-state index contributed by atoms with van der Waals surface area (Å²) in [7, 11) is 0. The lowest BCUT2D eigenvalue weighted by Gasteiger charge is -1.86. The Morgan fingerprint density at radius 3 is 3.00 bits per heavy atom. The van der Waals surface area contributed by atoms with E-state index in [1.54, 1.807) is 5.51 Å². The van der Waals surface area contributed by atoms with E-state index in [-0.39, 0.29) is 0 Å². The Bertz CT molecular complexity index is 358. The van der Waals surface area contributed by atoms with Crippen LogP contribution in [0.15, 0.2) is 11.8 Å². The van der Waals surface area contributed by atoms with E-state index >= 15 is 0 Å². The summed E-state index contributed by atoms with van der Waals surface area (Å²) in [4.78, 5) is 11.7. The van der Waals surface area contributed by atoms with Gasteiger partial charge in [-0.2, -0.15) is 0 Å². The quantitative estimate of drug-likeness (QED) is 0.567. The third kappa shape index (κ3) is 0.767. The molecule has 0 aliphatic carbocycles. The Hall–Kier alpha value is -0.740. The standard InChI is InChI=1S/C5H2ClN3S/c6-4-3-5(8-1-7-4)9-2-10-3/h1-2H. The molecule has 2 aromatic heterocycles. The SMILES string of the molecule is Clc1ncnc2ncsc12. The summed E-state index contributed by atoms with van der Waals surface area (Å²) in [5.41, 5.74) is 2.37. The predicted molar refractivity (Wildman–Crippen MR) is 40.2 cm³/mol. The second-order valence-electron chi connectivity index (χ2n) is 1.67. The molecule has 0 aliphatic rings. The number of halogens is 1. The summed E-state index contributed by atoms with van der Waals surface area (Å²) in [5.74, 6) is 0. The van der Waals surface area contributed by atoms with Crippen LogP contribution in [-0.4, -0.2) is 15.0 Å². The molecule has 0 aromatic carbocycles. The van der Waals surface area contributed by atoms with Crippen LogP contribution in [0.2, 0.25) is 5.15 Å². The summed E-state index contributed by atoms with van der Waals surface area (Å²) in [6, 6.07) is 0. The van der Waals surface area contributed by atoms with Crippen molar-refractivity contribution in [2.75, 3.05) is 0 Å². The van der Waals surface area contributed by atoms with Crippen molar-refractivity contribution in [3.05, 3.63) is 17.0 Å². The molecule has 0 fully saturated rings. The molecule has 50 valence electrons. The maximum atomic E-state index is 5.72. The molecule has 0 amide bonds. The first-order valence-corrected chi connectivity index (χ1v) is 3.83. The summed E-state index contributed by atoms with van der Waals surface area (Å²) >= 11 is 7.16. The zero-order valence-electron chi connectivity index (χ0n) is 4.78. The minimum atomic E-state index is 0.479. The summed E-state index contributed by atoms with van der Waals surface area (Å²) < 4.78 is 0.851. The fourth-order valence-corrected chi connectivity index (χ4v) is 1.55. The number of hydrogen-bond acceptors (Lipinski definition) is 4. The predicted octanol–water partition coefficient (Wildman–Crippen LogP) is 1.74. The van der Waals surface area contributed by atoms with Gasteiger partial charge in [0, 0.05) is 0 Å². The Morgan fingerprint density at radius 1 is 1.30 bits per heavy atom. The Labute approximate surface area is 65.7 Å². The van der Waals surface area contributed by atoms with Gasteiger partial charge in [0.05, 0.1) is 5.51 Å². The molecule has 0 atom stereocenters. The molecule has 10 heavy (non-hydrogen) atoms. The molecule has 2 rings (SSSR count). The minimum Gasteiger partial charge on any atom is -0.225 e. The van der Waals surface area contributed by atoms with Crippen molar-refractivity contribution in [3.63, 3.8) is 0 Å². The first-order chi connectivity index (χ1) is 4.88. The zero-order valence-corrected chi connectivity index (χ0v) is 6.35. The van der Waals surface area contributed by atoms with Gasteiger partial charge in [0.1, 0.15) is 11.0 Å². The first-order valence-electron chi connectivity index (χ1n) is 2.57. The number of thiazole rings is 1. The smallest absolute Gasteiger partial charge is 0.174 e. The van der Waals surface area contributed by atoms with Crippen molar-refractivity contribution in [1.29, 1.82) is 0 Å². The largest absolute Gasteiger partial charge is 0.225 e. The molecule has 5 heteroatoms. The Morgan fingerprint density at radius 2 is 2.20 bits per heavy atom. The van der Waals surface area contributed by atoms with Crippen LogP contribution >= 0.6 is 22.9 Å². The van der Waals surface area contributed by atoms with Crippen LogP contribution in [0.25, 0.3) is 10.3 Å².